The number of rotatable bonds is 15. The van der Waals surface area contributed by atoms with Gasteiger partial charge >= 0.3 is 0 Å². The van der Waals surface area contributed by atoms with Gasteiger partial charge in [-0.2, -0.15) is 0 Å². The van der Waals surface area contributed by atoms with Gasteiger partial charge < -0.3 is 34.4 Å². The van der Waals surface area contributed by atoms with E-state index in [1.165, 1.54) is 38.5 Å². The van der Waals surface area contributed by atoms with Crippen molar-refractivity contribution in [3.05, 3.63) is 0 Å². The zero-order valence-corrected chi connectivity index (χ0v) is 21.4. The second kappa shape index (κ2) is 25.0. The third-order valence-electron chi connectivity index (χ3n) is 5.87. The lowest BCUT2D eigenvalue weighted by molar-refractivity contribution is 0.441. The lowest BCUT2D eigenvalue weighted by Crippen LogP contribution is -2.15. The minimum absolute atomic E-state index is 0.661. The molecule has 0 bridgehead atoms. The van der Waals surface area contributed by atoms with Gasteiger partial charge in [0.2, 0.25) is 0 Å². The SMILES string of the molecule is CC(CN)CCC(C)CN.CC(CN)CCC(C)CN.CC(CN)CCC(C)CN. The fourth-order valence-electron chi connectivity index (χ4n) is 2.41. The molecule has 0 amide bonds. The van der Waals surface area contributed by atoms with Gasteiger partial charge in [0.1, 0.15) is 0 Å². The Morgan fingerprint density at radius 2 is 0.400 bits per heavy atom. The van der Waals surface area contributed by atoms with Crippen molar-refractivity contribution >= 4 is 0 Å². The molecule has 30 heavy (non-hydrogen) atoms. The summed E-state index contributed by atoms with van der Waals surface area (Å²) in [5, 5.41) is 0. The highest BCUT2D eigenvalue weighted by atomic mass is 14.6. The van der Waals surface area contributed by atoms with Gasteiger partial charge in [0.05, 0.1) is 0 Å². The number of hydrogen-bond donors (Lipinski definition) is 6. The van der Waals surface area contributed by atoms with Gasteiger partial charge in [-0.25, -0.2) is 0 Å². The van der Waals surface area contributed by atoms with Crippen LogP contribution in [0.1, 0.15) is 80.1 Å². The third-order valence-corrected chi connectivity index (χ3v) is 5.87. The summed E-state index contributed by atoms with van der Waals surface area (Å²) in [6, 6.07) is 0. The van der Waals surface area contributed by atoms with Gasteiger partial charge in [-0.05, 0) is 113 Å². The lowest BCUT2D eigenvalue weighted by atomic mass is 9.98. The van der Waals surface area contributed by atoms with Crippen molar-refractivity contribution in [3.63, 3.8) is 0 Å². The minimum atomic E-state index is 0.661. The first kappa shape index (κ1) is 34.4. The Bertz CT molecular complexity index is 239. The fourth-order valence-corrected chi connectivity index (χ4v) is 2.41. The molecule has 0 aromatic heterocycles. The first-order chi connectivity index (χ1) is 14.1. The molecule has 0 aromatic rings. The predicted octanol–water partition coefficient (Wildman–Crippen LogP) is 2.87. The Kier molecular flexibility index (Phi) is 28.7. The number of hydrogen-bond acceptors (Lipinski definition) is 6. The van der Waals surface area contributed by atoms with Crippen molar-refractivity contribution in [2.75, 3.05) is 39.3 Å². The summed E-state index contributed by atoms with van der Waals surface area (Å²) < 4.78 is 0. The normalized spacial score (nSPS) is 16.8. The summed E-state index contributed by atoms with van der Waals surface area (Å²) in [5.74, 6) is 3.97. The van der Waals surface area contributed by atoms with Crippen LogP contribution >= 0.6 is 0 Å². The largest absolute Gasteiger partial charge is 0.330 e. The number of nitrogens with two attached hydrogens (primary N) is 6. The highest BCUT2D eigenvalue weighted by Gasteiger charge is 2.04. The zero-order chi connectivity index (χ0) is 23.9. The molecule has 6 atom stereocenters. The van der Waals surface area contributed by atoms with Gasteiger partial charge in [-0.1, -0.05) is 41.5 Å². The third kappa shape index (κ3) is 27.8. The topological polar surface area (TPSA) is 156 Å². The predicted molar refractivity (Wildman–Crippen MR) is 137 cm³/mol. The van der Waals surface area contributed by atoms with E-state index in [4.69, 9.17) is 34.4 Å². The molecule has 6 heteroatoms. The molecule has 0 heterocycles. The quantitative estimate of drug-likeness (QED) is 0.233. The molecule has 12 N–H and O–H groups in total. The van der Waals surface area contributed by atoms with E-state index in [1.54, 1.807) is 0 Å². The van der Waals surface area contributed by atoms with E-state index < -0.39 is 0 Å². The molecule has 0 aliphatic rings. The van der Waals surface area contributed by atoms with Gasteiger partial charge in [-0.3, -0.25) is 0 Å². The summed E-state index contributed by atoms with van der Waals surface area (Å²) in [6.45, 7) is 17.9. The van der Waals surface area contributed by atoms with E-state index in [-0.39, 0.29) is 0 Å². The Labute approximate surface area is 189 Å². The minimum Gasteiger partial charge on any atom is -0.330 e. The summed E-state index contributed by atoms with van der Waals surface area (Å²) in [6.07, 6.45) is 7.30. The van der Waals surface area contributed by atoms with E-state index in [2.05, 4.69) is 41.5 Å². The van der Waals surface area contributed by atoms with Crippen molar-refractivity contribution in [1.29, 1.82) is 0 Å². The highest BCUT2D eigenvalue weighted by molar-refractivity contribution is 4.60. The second-order valence-electron chi connectivity index (χ2n) is 9.78. The molecule has 0 fully saturated rings. The molecule has 0 saturated carbocycles. The van der Waals surface area contributed by atoms with Crippen LogP contribution in [-0.2, 0) is 0 Å². The molecular formula is C24H60N6. The van der Waals surface area contributed by atoms with E-state index in [9.17, 15) is 0 Å². The molecule has 0 saturated heterocycles. The van der Waals surface area contributed by atoms with Crippen molar-refractivity contribution < 1.29 is 0 Å². The fraction of sp³-hybridized carbons (Fsp3) is 1.00. The van der Waals surface area contributed by atoms with E-state index in [0.29, 0.717) is 35.5 Å². The van der Waals surface area contributed by atoms with Crippen LogP contribution in [0.4, 0.5) is 0 Å². The van der Waals surface area contributed by atoms with Crippen LogP contribution in [0.5, 0.6) is 0 Å². The highest BCUT2D eigenvalue weighted by Crippen LogP contribution is 2.11. The van der Waals surface area contributed by atoms with Crippen LogP contribution in [0, 0.1) is 35.5 Å². The molecule has 0 spiro atoms. The average molecular weight is 433 g/mol. The standard InChI is InChI=1S/3C8H20N2/c3*1-7(5-9)3-4-8(2)6-10/h3*7-8H,3-6,9-10H2,1-2H3. The smallest absolute Gasteiger partial charge is 0.00515 e. The average Bonchev–Trinajstić information content (AvgIpc) is 2.78. The summed E-state index contributed by atoms with van der Waals surface area (Å²) in [7, 11) is 0. The molecule has 186 valence electrons. The van der Waals surface area contributed by atoms with Gasteiger partial charge in [0.25, 0.3) is 0 Å². The summed E-state index contributed by atoms with van der Waals surface area (Å²) >= 11 is 0. The van der Waals surface area contributed by atoms with Crippen LogP contribution in [0.25, 0.3) is 0 Å². The molecule has 0 radical (unpaired) electrons. The maximum atomic E-state index is 5.47. The summed E-state index contributed by atoms with van der Waals surface area (Å²) in [5.41, 5.74) is 32.8. The maximum absolute atomic E-state index is 5.47. The lowest BCUT2D eigenvalue weighted by Gasteiger charge is -2.11. The molecule has 0 aliphatic heterocycles. The second-order valence-corrected chi connectivity index (χ2v) is 9.78. The van der Waals surface area contributed by atoms with E-state index in [0.717, 1.165) is 39.3 Å². The molecule has 0 rings (SSSR count). The first-order valence-corrected chi connectivity index (χ1v) is 12.3. The van der Waals surface area contributed by atoms with Crippen LogP contribution in [-0.4, -0.2) is 39.3 Å². The van der Waals surface area contributed by atoms with Crippen LogP contribution in [0.3, 0.4) is 0 Å². The van der Waals surface area contributed by atoms with Gasteiger partial charge in [0.15, 0.2) is 0 Å². The van der Waals surface area contributed by atoms with Crippen molar-refractivity contribution in [1.82, 2.24) is 0 Å². The summed E-state index contributed by atoms with van der Waals surface area (Å²) in [4.78, 5) is 0. The molecular weight excluding hydrogens is 372 g/mol. The molecule has 6 unspecified atom stereocenters. The van der Waals surface area contributed by atoms with Gasteiger partial charge in [0, 0.05) is 0 Å². The molecule has 6 nitrogen and oxygen atoms in total. The molecule has 0 aliphatic carbocycles. The monoisotopic (exact) mass is 432 g/mol. The van der Waals surface area contributed by atoms with E-state index in [1.807, 2.05) is 0 Å². The Morgan fingerprint density at radius 3 is 0.467 bits per heavy atom. The van der Waals surface area contributed by atoms with Crippen molar-refractivity contribution in [2.24, 2.45) is 69.9 Å². The van der Waals surface area contributed by atoms with Gasteiger partial charge in [-0.15, -0.1) is 0 Å². The van der Waals surface area contributed by atoms with Crippen molar-refractivity contribution in [2.45, 2.75) is 80.1 Å². The van der Waals surface area contributed by atoms with Crippen molar-refractivity contribution in [3.8, 4) is 0 Å². The van der Waals surface area contributed by atoms with Crippen LogP contribution in [0.15, 0.2) is 0 Å². The maximum Gasteiger partial charge on any atom is -0.00515 e. The van der Waals surface area contributed by atoms with Crippen LogP contribution in [0.2, 0.25) is 0 Å². The van der Waals surface area contributed by atoms with E-state index >= 15 is 0 Å². The Balaban J connectivity index is -0.000000364. The van der Waals surface area contributed by atoms with Crippen LogP contribution < -0.4 is 34.4 Å². The Hall–Kier alpha value is -0.240. The first-order valence-electron chi connectivity index (χ1n) is 12.3. The zero-order valence-electron chi connectivity index (χ0n) is 21.4. The molecule has 0 aromatic carbocycles. The Morgan fingerprint density at radius 1 is 0.300 bits per heavy atom.